The van der Waals surface area contributed by atoms with E-state index in [1.165, 1.54) is 41.3 Å². The third-order valence-electron chi connectivity index (χ3n) is 4.14. The van der Waals surface area contributed by atoms with E-state index in [-0.39, 0.29) is 33.2 Å². The van der Waals surface area contributed by atoms with Crippen molar-refractivity contribution in [3.05, 3.63) is 60.9 Å². The van der Waals surface area contributed by atoms with E-state index in [4.69, 9.17) is 0 Å². The molecule has 0 aliphatic rings. The number of hydrogen-bond acceptors (Lipinski definition) is 7. The highest BCUT2D eigenvalue weighted by Gasteiger charge is 2.29. The Labute approximate surface area is 184 Å². The number of alkyl halides is 3. The molecule has 0 aliphatic heterocycles. The van der Waals surface area contributed by atoms with Crippen LogP contribution >= 0.6 is 11.8 Å². The Morgan fingerprint density at radius 1 is 0.969 bits per heavy atom. The number of nitrogens with one attached hydrogen (secondary N) is 2. The third kappa shape index (κ3) is 5.11. The van der Waals surface area contributed by atoms with Gasteiger partial charge in [0.05, 0.1) is 17.2 Å². The number of nitrogens with zero attached hydrogens (tertiary/aromatic N) is 4. The number of para-hydroxylation sites is 2. The van der Waals surface area contributed by atoms with E-state index in [2.05, 4.69) is 25.1 Å². The van der Waals surface area contributed by atoms with Crippen LogP contribution in [0.2, 0.25) is 0 Å². The highest BCUT2D eigenvalue weighted by Crippen LogP contribution is 2.37. The molecule has 4 aromatic rings. The monoisotopic (exact) mass is 480 g/mol. The number of benzene rings is 2. The Bertz CT molecular complexity index is 1370. The van der Waals surface area contributed by atoms with Crippen LogP contribution in [0.1, 0.15) is 0 Å². The van der Waals surface area contributed by atoms with Gasteiger partial charge < -0.3 is 5.32 Å². The van der Waals surface area contributed by atoms with Gasteiger partial charge in [-0.05, 0) is 48.2 Å². The average Bonchev–Trinajstić information content (AvgIpc) is 3.16. The van der Waals surface area contributed by atoms with Crippen molar-refractivity contribution in [3.8, 4) is 0 Å². The first-order valence-corrected chi connectivity index (χ1v) is 11.3. The van der Waals surface area contributed by atoms with E-state index in [1.54, 1.807) is 31.3 Å². The molecule has 2 aromatic heterocycles. The van der Waals surface area contributed by atoms with E-state index in [1.807, 2.05) is 0 Å². The van der Waals surface area contributed by atoms with Crippen molar-refractivity contribution < 1.29 is 21.6 Å². The van der Waals surface area contributed by atoms with Crippen LogP contribution in [-0.4, -0.2) is 33.7 Å². The maximum Gasteiger partial charge on any atom is 0.446 e. The van der Waals surface area contributed by atoms with Crippen molar-refractivity contribution in [3.63, 3.8) is 0 Å². The number of fused-ring (bicyclic) bond motifs is 1. The molecule has 4 rings (SSSR count). The summed E-state index contributed by atoms with van der Waals surface area (Å²) in [6, 6.07) is 12.3. The quantitative estimate of drug-likeness (QED) is 0.391. The molecule has 0 spiro atoms. The molecule has 2 aromatic carbocycles. The van der Waals surface area contributed by atoms with Crippen LogP contribution in [0.5, 0.6) is 0 Å². The lowest BCUT2D eigenvalue weighted by molar-refractivity contribution is -0.0328. The molecule has 13 heteroatoms. The zero-order chi connectivity index (χ0) is 22.9. The van der Waals surface area contributed by atoms with Crippen molar-refractivity contribution >= 4 is 50.1 Å². The van der Waals surface area contributed by atoms with E-state index in [0.717, 1.165) is 0 Å². The fraction of sp³-hybridized carbons (Fsp3) is 0.105. The van der Waals surface area contributed by atoms with Gasteiger partial charge in [0.15, 0.2) is 11.6 Å². The molecule has 2 heterocycles. The Morgan fingerprint density at radius 3 is 2.16 bits per heavy atom. The lowest BCUT2D eigenvalue weighted by Gasteiger charge is -2.13. The largest absolute Gasteiger partial charge is 0.446 e. The highest BCUT2D eigenvalue weighted by atomic mass is 32.2. The van der Waals surface area contributed by atoms with Crippen molar-refractivity contribution in [1.82, 2.24) is 19.7 Å². The van der Waals surface area contributed by atoms with Crippen LogP contribution in [0.3, 0.4) is 0 Å². The van der Waals surface area contributed by atoms with Gasteiger partial charge in [-0.2, -0.15) is 18.3 Å². The molecule has 0 saturated carbocycles. The molecule has 2 N–H and O–H groups in total. The summed E-state index contributed by atoms with van der Waals surface area (Å²) in [7, 11) is -2.42. The minimum atomic E-state index is -4.39. The van der Waals surface area contributed by atoms with Gasteiger partial charge >= 0.3 is 5.51 Å². The van der Waals surface area contributed by atoms with Gasteiger partial charge in [-0.15, -0.1) is 0 Å². The minimum absolute atomic E-state index is 0.0187. The lowest BCUT2D eigenvalue weighted by Crippen LogP contribution is -2.15. The first kappa shape index (κ1) is 21.9. The predicted octanol–water partition coefficient (Wildman–Crippen LogP) is 4.52. The first-order chi connectivity index (χ1) is 15.1. The van der Waals surface area contributed by atoms with E-state index >= 15 is 0 Å². The number of halogens is 3. The smallest absolute Gasteiger partial charge is 0.337 e. The number of rotatable bonds is 6. The molecule has 32 heavy (non-hydrogen) atoms. The summed E-state index contributed by atoms with van der Waals surface area (Å²) in [6.45, 7) is 0. The molecule has 0 atom stereocenters. The van der Waals surface area contributed by atoms with Gasteiger partial charge in [0.1, 0.15) is 4.90 Å². The first-order valence-electron chi connectivity index (χ1n) is 9.00. The topological polar surface area (TPSA) is 102 Å². The maximum atomic E-state index is 12.8. The van der Waals surface area contributed by atoms with Crippen LogP contribution in [0, 0.1) is 0 Å². The summed E-state index contributed by atoms with van der Waals surface area (Å²) in [5, 5.41) is 6.78. The summed E-state index contributed by atoms with van der Waals surface area (Å²) >= 11 is -0.227. The molecule has 166 valence electrons. The number of anilines is 3. The molecule has 0 saturated heterocycles. The number of aryl methyl sites for hydroxylation is 1. The summed E-state index contributed by atoms with van der Waals surface area (Å²) in [4.78, 5) is 8.75. The number of aromatic nitrogens is 4. The van der Waals surface area contributed by atoms with Crippen molar-refractivity contribution in [2.45, 2.75) is 15.3 Å². The Morgan fingerprint density at radius 2 is 1.59 bits per heavy atom. The minimum Gasteiger partial charge on any atom is -0.337 e. The number of sulfonamides is 1. The van der Waals surface area contributed by atoms with Crippen LogP contribution in [0.4, 0.5) is 30.5 Å². The van der Waals surface area contributed by atoms with Gasteiger partial charge in [0, 0.05) is 23.8 Å². The Hall–Kier alpha value is -3.32. The zero-order valence-corrected chi connectivity index (χ0v) is 18.0. The van der Waals surface area contributed by atoms with E-state index in [9.17, 15) is 21.6 Å². The van der Waals surface area contributed by atoms with Gasteiger partial charge in [-0.3, -0.25) is 9.40 Å². The van der Waals surface area contributed by atoms with Crippen molar-refractivity contribution in [2.24, 2.45) is 7.05 Å². The summed E-state index contributed by atoms with van der Waals surface area (Å²) in [5.41, 5.74) is -3.03. The fourth-order valence-corrected chi connectivity index (χ4v) is 4.29. The molecular weight excluding hydrogens is 465 g/mol. The molecule has 0 amide bonds. The second-order valence-corrected chi connectivity index (χ2v) is 9.38. The summed E-state index contributed by atoms with van der Waals surface area (Å²) in [6.07, 6.45) is 2.53. The predicted molar refractivity (Wildman–Crippen MR) is 115 cm³/mol. The normalized spacial score (nSPS) is 12.1. The van der Waals surface area contributed by atoms with Crippen LogP contribution < -0.4 is 10.0 Å². The summed E-state index contributed by atoms with van der Waals surface area (Å²) < 4.78 is 66.9. The lowest BCUT2D eigenvalue weighted by atomic mass is 10.3. The van der Waals surface area contributed by atoms with Crippen LogP contribution in [0.25, 0.3) is 11.0 Å². The number of thioether (sulfide) groups is 1. The molecule has 0 bridgehead atoms. The van der Waals surface area contributed by atoms with Gasteiger partial charge in [0.25, 0.3) is 10.0 Å². The molecule has 8 nitrogen and oxygen atoms in total. The van der Waals surface area contributed by atoms with Crippen molar-refractivity contribution in [2.75, 3.05) is 10.0 Å². The van der Waals surface area contributed by atoms with E-state index < -0.39 is 15.5 Å². The second-order valence-electron chi connectivity index (χ2n) is 6.56. The number of hydrogen-bond donors (Lipinski definition) is 2. The molecule has 0 aliphatic carbocycles. The maximum absolute atomic E-state index is 12.8. The molecule has 0 fully saturated rings. The van der Waals surface area contributed by atoms with Crippen molar-refractivity contribution in [1.29, 1.82) is 0 Å². The highest BCUT2D eigenvalue weighted by molar-refractivity contribution is 8.00. The molecule has 0 radical (unpaired) electrons. The van der Waals surface area contributed by atoms with Gasteiger partial charge in [-0.25, -0.2) is 18.4 Å². The zero-order valence-electron chi connectivity index (χ0n) is 16.3. The molecule has 0 unspecified atom stereocenters. The van der Waals surface area contributed by atoms with Gasteiger partial charge in [-0.1, -0.05) is 12.1 Å². The second kappa shape index (κ2) is 8.31. The van der Waals surface area contributed by atoms with E-state index in [0.29, 0.717) is 16.7 Å². The standard InChI is InChI=1S/C19H15F3N6O2S2/c1-28-11-14(10-23-28)32(29,30)27-18-17(25-15-4-2-3-5-16(15)26-18)24-12-6-8-13(9-7-12)31-19(20,21)22/h2-11H,1H3,(H,24,25)(H,26,27). The fourth-order valence-electron chi connectivity index (χ4n) is 2.76. The Kier molecular flexibility index (Phi) is 5.69. The van der Waals surface area contributed by atoms with Crippen LogP contribution in [-0.2, 0) is 17.1 Å². The molecular formula is C19H15F3N6O2S2. The summed E-state index contributed by atoms with van der Waals surface area (Å²) in [5.74, 6) is 0.0219. The average molecular weight is 480 g/mol. The van der Waals surface area contributed by atoms with Gasteiger partial charge in [0.2, 0.25) is 0 Å². The van der Waals surface area contributed by atoms with Crippen LogP contribution in [0.15, 0.2) is 70.7 Å². The Balaban J connectivity index is 1.68. The SMILES string of the molecule is Cn1cc(S(=O)(=O)Nc2nc3ccccc3nc2Nc2ccc(SC(F)(F)F)cc2)cn1. The third-order valence-corrected chi connectivity index (χ3v) is 6.18.